The summed E-state index contributed by atoms with van der Waals surface area (Å²) in [6.07, 6.45) is 2.20. The summed E-state index contributed by atoms with van der Waals surface area (Å²) in [5.41, 5.74) is 1.13. The third kappa shape index (κ3) is 5.62. The summed E-state index contributed by atoms with van der Waals surface area (Å²) in [6, 6.07) is 8.35. The maximum Gasteiger partial charge on any atom is 0.157 e. The van der Waals surface area contributed by atoms with Gasteiger partial charge in [0.25, 0.3) is 0 Å². The Labute approximate surface area is 113 Å². The normalized spacial score (nSPS) is 11.5. The summed E-state index contributed by atoms with van der Waals surface area (Å²) in [6.45, 7) is 11.9. The Bertz CT molecular complexity index is 347. The van der Waals surface area contributed by atoms with Crippen molar-refractivity contribution < 1.29 is 9.47 Å². The van der Waals surface area contributed by atoms with Crippen molar-refractivity contribution >= 4 is 20.8 Å². The van der Waals surface area contributed by atoms with E-state index >= 15 is 0 Å². The molecule has 0 saturated carbocycles. The van der Waals surface area contributed by atoms with Gasteiger partial charge in [0.15, 0.2) is 9.52 Å². The van der Waals surface area contributed by atoms with Crippen LogP contribution in [0.3, 0.4) is 0 Å². The molecule has 0 aliphatic carbocycles. The Balaban J connectivity index is 2.65. The van der Waals surface area contributed by atoms with Gasteiger partial charge in [-0.25, -0.2) is 0 Å². The van der Waals surface area contributed by atoms with Gasteiger partial charge in [0.1, 0.15) is 5.91 Å². The fraction of sp³-hybridized carbons (Fsp3) is 0.467. The molecule has 0 heterocycles. The molecule has 98 valence electrons. The molecule has 0 amide bonds. The minimum Gasteiger partial charge on any atom is -0.354 e. The average Bonchev–Trinajstić information content (AvgIpc) is 2.28. The van der Waals surface area contributed by atoms with Crippen LogP contribution in [-0.2, 0) is 9.47 Å². The van der Waals surface area contributed by atoms with Gasteiger partial charge in [-0.3, -0.25) is 0 Å². The van der Waals surface area contributed by atoms with E-state index in [0.717, 1.165) is 5.56 Å². The van der Waals surface area contributed by atoms with Crippen molar-refractivity contribution in [3.63, 3.8) is 0 Å². The lowest BCUT2D eigenvalue weighted by molar-refractivity contribution is -0.133. The minimum absolute atomic E-state index is 0.153. The number of hydrogen-bond acceptors (Lipinski definition) is 2. The molecule has 1 rings (SSSR count). The van der Waals surface area contributed by atoms with Gasteiger partial charge in [0, 0.05) is 0 Å². The molecular formula is C15H22O2Si. The van der Waals surface area contributed by atoms with E-state index in [2.05, 4.69) is 30.8 Å². The van der Waals surface area contributed by atoms with Crippen molar-refractivity contribution in [1.29, 1.82) is 0 Å². The third-order valence-corrected chi connectivity index (χ3v) is 3.40. The third-order valence-electron chi connectivity index (χ3n) is 2.22. The monoisotopic (exact) mass is 262 g/mol. The van der Waals surface area contributed by atoms with E-state index in [9.17, 15) is 0 Å². The van der Waals surface area contributed by atoms with Crippen molar-refractivity contribution in [2.45, 2.75) is 45.8 Å². The van der Waals surface area contributed by atoms with Gasteiger partial charge in [0.05, 0.1) is 12.2 Å². The van der Waals surface area contributed by atoms with Gasteiger partial charge in [0.2, 0.25) is 0 Å². The van der Waals surface area contributed by atoms with E-state index in [4.69, 9.17) is 9.47 Å². The lowest BCUT2D eigenvalue weighted by atomic mass is 10.2. The van der Waals surface area contributed by atoms with Crippen LogP contribution in [-0.4, -0.2) is 27.6 Å². The summed E-state index contributed by atoms with van der Waals surface area (Å²) in [5, 5.41) is 1.24. The Morgan fingerprint density at radius 2 is 1.50 bits per heavy atom. The first-order valence-corrected chi connectivity index (χ1v) is 7.39. The molecule has 0 fully saturated rings. The molecular weight excluding hydrogens is 240 g/mol. The van der Waals surface area contributed by atoms with Crippen LogP contribution in [0.25, 0.3) is 6.08 Å². The fourth-order valence-electron chi connectivity index (χ4n) is 1.45. The zero-order chi connectivity index (χ0) is 13.5. The smallest absolute Gasteiger partial charge is 0.157 e. The maximum absolute atomic E-state index is 5.79. The molecule has 2 radical (unpaired) electrons. The maximum atomic E-state index is 5.79. The van der Waals surface area contributed by atoms with Gasteiger partial charge in [-0.15, -0.1) is 0 Å². The molecule has 2 nitrogen and oxygen atoms in total. The highest BCUT2D eigenvalue weighted by atomic mass is 28.2. The summed E-state index contributed by atoms with van der Waals surface area (Å²) in [5.74, 6) is -0.153. The van der Waals surface area contributed by atoms with Crippen LogP contribution in [0, 0.1) is 0 Å². The molecule has 0 atom stereocenters. The van der Waals surface area contributed by atoms with Crippen LogP contribution >= 0.6 is 0 Å². The largest absolute Gasteiger partial charge is 0.354 e. The second-order valence-electron chi connectivity index (χ2n) is 4.67. The zero-order valence-electron chi connectivity index (χ0n) is 11.6. The van der Waals surface area contributed by atoms with Gasteiger partial charge in [-0.2, -0.15) is 0 Å². The number of hydrogen-bond donors (Lipinski definition) is 0. The van der Waals surface area contributed by atoms with Crippen molar-refractivity contribution in [2.24, 2.45) is 0 Å². The number of benzene rings is 1. The molecule has 0 aliphatic heterocycles. The zero-order valence-corrected chi connectivity index (χ0v) is 12.6. The molecule has 1 aromatic carbocycles. The lowest BCUT2D eigenvalue weighted by Crippen LogP contribution is -2.36. The molecule has 0 N–H and O–H groups in total. The van der Waals surface area contributed by atoms with Gasteiger partial charge >= 0.3 is 0 Å². The molecule has 0 unspecified atom stereocenters. The molecule has 1 aromatic rings. The highest BCUT2D eigenvalue weighted by Crippen LogP contribution is 2.04. The highest BCUT2D eigenvalue weighted by molar-refractivity contribution is 6.54. The molecule has 18 heavy (non-hydrogen) atoms. The molecule has 0 aliphatic rings. The van der Waals surface area contributed by atoms with E-state index in [1.54, 1.807) is 0 Å². The average molecular weight is 262 g/mol. The van der Waals surface area contributed by atoms with Crippen LogP contribution in [0.4, 0.5) is 0 Å². The first-order valence-electron chi connectivity index (χ1n) is 6.31. The second-order valence-corrected chi connectivity index (χ2v) is 6.01. The summed E-state index contributed by atoms with van der Waals surface area (Å²) in [7, 11) is 0.500. The van der Waals surface area contributed by atoms with Crippen molar-refractivity contribution in [3.05, 3.63) is 36.4 Å². The second kappa shape index (κ2) is 7.51. The van der Waals surface area contributed by atoms with Gasteiger partial charge in [-0.1, -0.05) is 42.1 Å². The fourth-order valence-corrected chi connectivity index (χ4v) is 2.76. The van der Waals surface area contributed by atoms with E-state index < -0.39 is 0 Å². The van der Waals surface area contributed by atoms with E-state index in [-0.39, 0.29) is 18.1 Å². The summed E-state index contributed by atoms with van der Waals surface area (Å²) in [4.78, 5) is 0. The van der Waals surface area contributed by atoms with Crippen LogP contribution in [0.2, 0.25) is 0 Å². The van der Waals surface area contributed by atoms with E-state index in [1.165, 1.54) is 5.19 Å². The minimum atomic E-state index is -0.153. The molecule has 0 bridgehead atoms. The van der Waals surface area contributed by atoms with Gasteiger partial charge < -0.3 is 9.47 Å². The molecule has 0 aromatic heterocycles. The van der Waals surface area contributed by atoms with Crippen LogP contribution in [0.15, 0.2) is 30.8 Å². The first kappa shape index (κ1) is 15.2. The Morgan fingerprint density at radius 1 is 1.00 bits per heavy atom. The Hall–Kier alpha value is -0.903. The highest BCUT2D eigenvalue weighted by Gasteiger charge is 2.15. The van der Waals surface area contributed by atoms with Crippen molar-refractivity contribution in [1.82, 2.24) is 0 Å². The lowest BCUT2D eigenvalue weighted by Gasteiger charge is -2.22. The number of rotatable bonds is 7. The van der Waals surface area contributed by atoms with Crippen LogP contribution < -0.4 is 5.19 Å². The van der Waals surface area contributed by atoms with E-state index in [0.29, 0.717) is 9.52 Å². The Kier molecular flexibility index (Phi) is 6.33. The quantitative estimate of drug-likeness (QED) is 0.556. The van der Waals surface area contributed by atoms with Crippen LogP contribution in [0.1, 0.15) is 33.3 Å². The Morgan fingerprint density at radius 3 is 1.89 bits per heavy atom. The molecule has 0 saturated heterocycles. The molecule has 0 spiro atoms. The predicted molar refractivity (Wildman–Crippen MR) is 78.2 cm³/mol. The predicted octanol–water partition coefficient (Wildman–Crippen LogP) is 2.79. The first-order chi connectivity index (χ1) is 8.51. The summed E-state index contributed by atoms with van der Waals surface area (Å²) < 4.78 is 11.6. The standard InChI is InChI=1S/C15H22O2Si/c1-6-13-7-9-14(10-8-13)18-15(16-11(2)3)17-12(4)5/h6-12,15H,1H2,2-5H3. The van der Waals surface area contributed by atoms with Gasteiger partial charge in [-0.05, 0) is 33.3 Å². The van der Waals surface area contributed by atoms with E-state index in [1.807, 2.05) is 33.8 Å². The number of ether oxygens (including phenoxy) is 2. The topological polar surface area (TPSA) is 18.5 Å². The van der Waals surface area contributed by atoms with Crippen molar-refractivity contribution in [3.8, 4) is 0 Å². The molecule has 3 heteroatoms. The summed E-state index contributed by atoms with van der Waals surface area (Å²) >= 11 is 0. The SMILES string of the molecule is C=Cc1ccc([Si]C(OC(C)C)OC(C)C)cc1. The van der Waals surface area contributed by atoms with Crippen LogP contribution in [0.5, 0.6) is 0 Å². The van der Waals surface area contributed by atoms with Crippen molar-refractivity contribution in [2.75, 3.05) is 0 Å².